The molecule has 2 atom stereocenters. The van der Waals surface area contributed by atoms with Gasteiger partial charge < -0.3 is 28.4 Å². The molecular weight excluding hydrogens is 709 g/mol. The maximum atomic E-state index is 9.64. The molecule has 0 radical (unpaired) electrons. The minimum absolute atomic E-state index is 0.0144. The van der Waals surface area contributed by atoms with Gasteiger partial charge in [0.25, 0.3) is 0 Å². The number of nitrogens with zero attached hydrogens (tertiary/aromatic N) is 6. The first-order valence-corrected chi connectivity index (χ1v) is 17.7. The summed E-state index contributed by atoms with van der Waals surface area (Å²) in [5.74, 6) is 2.89. The molecule has 1 aliphatic carbocycles. The lowest BCUT2D eigenvalue weighted by Crippen LogP contribution is -2.36. The van der Waals surface area contributed by atoms with Crippen LogP contribution in [0.15, 0.2) is 125 Å². The fourth-order valence-corrected chi connectivity index (χ4v) is 8.10. The van der Waals surface area contributed by atoms with Crippen LogP contribution in [0.5, 0.6) is 28.7 Å². The molecule has 0 bridgehead atoms. The van der Waals surface area contributed by atoms with Crippen molar-refractivity contribution in [3.05, 3.63) is 164 Å². The summed E-state index contributed by atoms with van der Waals surface area (Å²) in [5.41, 5.74) is 23.9. The van der Waals surface area contributed by atoms with Gasteiger partial charge in [-0.25, -0.2) is 0 Å². The molecule has 8 rings (SSSR count). The van der Waals surface area contributed by atoms with Gasteiger partial charge in [-0.05, 0) is 75.6 Å². The van der Waals surface area contributed by atoms with Crippen LogP contribution in [0.2, 0.25) is 0 Å². The molecule has 0 spiro atoms. The van der Waals surface area contributed by atoms with Gasteiger partial charge >= 0.3 is 0 Å². The molecule has 56 heavy (non-hydrogen) atoms. The van der Waals surface area contributed by atoms with E-state index in [9.17, 15) is 11.1 Å². The van der Waals surface area contributed by atoms with E-state index in [1.54, 1.807) is 34.5 Å². The number of methoxy groups -OCH3 is 4. The zero-order valence-corrected chi connectivity index (χ0v) is 31.1. The molecule has 12 nitrogen and oxygen atoms in total. The summed E-state index contributed by atoms with van der Waals surface area (Å²) in [6.45, 7) is -0.274. The fraction of sp³-hybridized carbons (Fsp3) is 0.182. The van der Waals surface area contributed by atoms with Crippen molar-refractivity contribution in [3.63, 3.8) is 0 Å². The number of benzene rings is 6. The van der Waals surface area contributed by atoms with Gasteiger partial charge in [0.05, 0.1) is 27.9 Å². The predicted octanol–water partition coefficient (Wildman–Crippen LogP) is 10.7. The Balaban J connectivity index is 1.52. The Kier molecular flexibility index (Phi) is 9.37. The normalized spacial score (nSPS) is 17.4. The van der Waals surface area contributed by atoms with Crippen LogP contribution in [0.25, 0.3) is 60.0 Å². The first-order valence-electron chi connectivity index (χ1n) is 17.7. The van der Waals surface area contributed by atoms with Gasteiger partial charge in [-0.15, -0.1) is 0 Å². The molecule has 1 aliphatic heterocycles. The van der Waals surface area contributed by atoms with Gasteiger partial charge in [0, 0.05) is 61.8 Å². The summed E-state index contributed by atoms with van der Waals surface area (Å²) < 4.78 is 37.2. The highest BCUT2D eigenvalue weighted by molar-refractivity contribution is 6.10. The second kappa shape index (κ2) is 14.6. The van der Waals surface area contributed by atoms with Crippen molar-refractivity contribution < 1.29 is 28.4 Å². The molecule has 0 saturated heterocycles. The van der Waals surface area contributed by atoms with Gasteiger partial charge in [0.2, 0.25) is 0 Å². The summed E-state index contributed by atoms with van der Waals surface area (Å²) in [6, 6.07) is 35.3. The Bertz CT molecular complexity index is 2620. The van der Waals surface area contributed by atoms with Crippen LogP contribution >= 0.6 is 0 Å². The summed E-state index contributed by atoms with van der Waals surface area (Å²) in [4.78, 5) is 6.09. The van der Waals surface area contributed by atoms with Crippen LogP contribution in [0.3, 0.4) is 0 Å². The Morgan fingerprint density at radius 3 is 2.09 bits per heavy atom. The van der Waals surface area contributed by atoms with Gasteiger partial charge in [-0.1, -0.05) is 83.0 Å². The topological polar surface area (TPSA) is 153 Å². The smallest absolute Gasteiger partial charge is 0.178 e. The molecule has 0 N–H and O–H groups in total. The van der Waals surface area contributed by atoms with E-state index >= 15 is 0 Å². The molecule has 1 heterocycles. The van der Waals surface area contributed by atoms with E-state index < -0.39 is 11.2 Å². The first kappa shape index (κ1) is 35.9. The summed E-state index contributed by atoms with van der Waals surface area (Å²) in [6.07, 6.45) is 4.16. The van der Waals surface area contributed by atoms with Crippen LogP contribution in [-0.2, 0) is 15.9 Å². The molecule has 0 fully saturated rings. The highest BCUT2D eigenvalue weighted by atomic mass is 16.5. The Hall–Kier alpha value is -7.10. The van der Waals surface area contributed by atoms with E-state index in [2.05, 4.69) is 32.2 Å². The van der Waals surface area contributed by atoms with Crippen molar-refractivity contribution in [3.8, 4) is 51.0 Å². The summed E-state index contributed by atoms with van der Waals surface area (Å²) in [5, 5.41) is 9.35. The van der Waals surface area contributed by atoms with Crippen molar-refractivity contribution in [2.75, 3.05) is 41.7 Å². The first-order chi connectivity index (χ1) is 27.5. The number of ether oxygens (including phenoxy) is 6. The van der Waals surface area contributed by atoms with E-state index in [1.807, 2.05) is 103 Å². The summed E-state index contributed by atoms with van der Waals surface area (Å²) >= 11 is 0. The number of hydrogen-bond donors (Lipinski definition) is 0. The predicted molar refractivity (Wildman–Crippen MR) is 214 cm³/mol. The quantitative estimate of drug-likeness (QED) is 0.0690. The Labute approximate surface area is 322 Å². The van der Waals surface area contributed by atoms with E-state index in [-0.39, 0.29) is 13.3 Å². The van der Waals surface area contributed by atoms with Gasteiger partial charge in [-0.2, -0.15) is 0 Å². The number of rotatable bonds is 12. The van der Waals surface area contributed by atoms with Crippen molar-refractivity contribution in [2.24, 2.45) is 10.2 Å². The summed E-state index contributed by atoms with van der Waals surface area (Å²) in [7, 11) is 6.45. The lowest BCUT2D eigenvalue weighted by molar-refractivity contribution is 0.0333. The fourth-order valence-electron chi connectivity index (χ4n) is 8.10. The lowest BCUT2D eigenvalue weighted by atomic mass is 9.79. The van der Waals surface area contributed by atoms with Crippen molar-refractivity contribution in [1.29, 1.82) is 0 Å². The average molecular weight is 745 g/mol. The standard InChI is InChI=1S/C44H36N6O6/c1-51-29-16-14-28(15-17-29)43(27-10-6-5-7-11-27)21-20-33-41-40(32-12-8-9-13-37(32)44(41,54-4)25-47-49-45)35-24-39(55-26-48-50-46)34(23-36(35)42(33)56-43)31-19-18-30(52-2)22-38(31)53-3/h5-24H,25-26H2,1-4H3. The minimum atomic E-state index is -1.17. The third-order valence-corrected chi connectivity index (χ3v) is 10.6. The van der Waals surface area contributed by atoms with E-state index in [4.69, 9.17) is 28.4 Å². The largest absolute Gasteiger partial charge is 0.497 e. The van der Waals surface area contributed by atoms with Gasteiger partial charge in [-0.3, -0.25) is 0 Å². The molecule has 6 aromatic carbocycles. The molecule has 0 aromatic heterocycles. The van der Waals surface area contributed by atoms with Crippen molar-refractivity contribution >= 4 is 16.8 Å². The van der Waals surface area contributed by atoms with Gasteiger partial charge in [0.1, 0.15) is 34.3 Å². The monoisotopic (exact) mass is 744 g/mol. The number of hydrogen-bond acceptors (Lipinski definition) is 8. The second-order valence-corrected chi connectivity index (χ2v) is 13.2. The number of azide groups is 2. The Morgan fingerprint density at radius 2 is 1.38 bits per heavy atom. The molecule has 12 heteroatoms. The molecule has 0 saturated carbocycles. The highest BCUT2D eigenvalue weighted by Crippen LogP contribution is 2.60. The third-order valence-electron chi connectivity index (χ3n) is 10.6. The minimum Gasteiger partial charge on any atom is -0.497 e. The average Bonchev–Trinajstić information content (AvgIpc) is 3.56. The SMILES string of the molecule is COc1ccc(C2(c3ccccc3)C=Cc3c4c(c5cc(OCN=[N+]=[N-])c(-c6ccc(OC)cc6OC)cc5c3O2)-c2ccccc2C4(CN=[N+]=[N-])OC)cc1. The third kappa shape index (κ3) is 5.59. The molecule has 0 amide bonds. The van der Waals surface area contributed by atoms with Gasteiger partial charge in [0.15, 0.2) is 12.3 Å². The second-order valence-electron chi connectivity index (χ2n) is 13.2. The highest BCUT2D eigenvalue weighted by Gasteiger charge is 2.49. The van der Waals surface area contributed by atoms with Crippen LogP contribution in [0, 0.1) is 0 Å². The maximum Gasteiger partial charge on any atom is 0.178 e. The maximum absolute atomic E-state index is 9.64. The van der Waals surface area contributed by atoms with E-state index in [0.29, 0.717) is 39.9 Å². The zero-order valence-electron chi connectivity index (χ0n) is 31.1. The van der Waals surface area contributed by atoms with E-state index in [1.165, 1.54) is 0 Å². The van der Waals surface area contributed by atoms with Crippen LogP contribution in [-0.4, -0.2) is 41.7 Å². The number of fused-ring (bicyclic) bond motifs is 8. The van der Waals surface area contributed by atoms with Crippen molar-refractivity contribution in [2.45, 2.75) is 11.2 Å². The zero-order chi connectivity index (χ0) is 38.9. The molecular formula is C44H36N6O6. The lowest BCUT2D eigenvalue weighted by Gasteiger charge is -2.39. The van der Waals surface area contributed by atoms with Crippen LogP contribution < -0.4 is 23.7 Å². The molecule has 278 valence electrons. The molecule has 2 unspecified atom stereocenters. The van der Waals surface area contributed by atoms with Crippen LogP contribution in [0.1, 0.15) is 27.8 Å². The van der Waals surface area contributed by atoms with Crippen LogP contribution in [0.4, 0.5) is 0 Å². The Morgan fingerprint density at radius 1 is 0.661 bits per heavy atom. The molecule has 2 aliphatic rings. The van der Waals surface area contributed by atoms with E-state index in [0.717, 1.165) is 49.7 Å². The molecule has 6 aromatic rings. The van der Waals surface area contributed by atoms with Crippen molar-refractivity contribution in [1.82, 2.24) is 0 Å².